The molecule has 0 radical (unpaired) electrons. The summed E-state index contributed by atoms with van der Waals surface area (Å²) >= 11 is 0. The van der Waals surface area contributed by atoms with Crippen molar-refractivity contribution in [2.24, 2.45) is 0 Å². The molecule has 12 nitrogen and oxygen atoms in total. The third-order valence-corrected chi connectivity index (χ3v) is 8.48. The molecule has 4 N–H and O–H groups in total. The van der Waals surface area contributed by atoms with Gasteiger partial charge in [-0.2, -0.15) is 8.42 Å². The van der Waals surface area contributed by atoms with E-state index in [2.05, 4.69) is 103 Å². The molecule has 6 atom stereocenters. The summed E-state index contributed by atoms with van der Waals surface area (Å²) in [6.45, 7) is 3.52. The lowest BCUT2D eigenvalue weighted by Crippen LogP contribution is -2.60. The van der Waals surface area contributed by atoms with E-state index in [0.29, 0.717) is 13.0 Å². The normalized spacial score (nSPS) is 22.1. The lowest BCUT2D eigenvalue weighted by Gasteiger charge is -2.41. The molecule has 0 aliphatic carbocycles. The Morgan fingerprint density at radius 3 is 1.74 bits per heavy atom. The number of hydrogen-bond acceptors (Lipinski definition) is 11. The van der Waals surface area contributed by atoms with Crippen molar-refractivity contribution in [3.8, 4) is 0 Å². The zero-order valence-electron chi connectivity index (χ0n) is 32.2. The van der Waals surface area contributed by atoms with Gasteiger partial charge in [-0.15, -0.1) is 0 Å². The van der Waals surface area contributed by atoms with E-state index < -0.39 is 59.8 Å². The average molecular weight is 783 g/mol. The molecular weight excluding hydrogens is 717 g/mol. The Labute approximate surface area is 323 Å². The van der Waals surface area contributed by atoms with Gasteiger partial charge in [-0.05, 0) is 77.0 Å². The largest absolute Gasteiger partial charge is 0.457 e. The Kier molecular flexibility index (Phi) is 29.7. The van der Waals surface area contributed by atoms with Crippen molar-refractivity contribution in [2.45, 2.75) is 141 Å². The van der Waals surface area contributed by atoms with Crippen LogP contribution in [0.15, 0.2) is 85.1 Å². The number of unbranched alkanes of at least 4 members (excludes halogenated alkanes) is 4. The quantitative estimate of drug-likeness (QED) is 0.0247. The maximum atomic E-state index is 12.8. The van der Waals surface area contributed by atoms with E-state index in [1.54, 1.807) is 0 Å². The van der Waals surface area contributed by atoms with Crippen LogP contribution in [0.2, 0.25) is 0 Å². The molecule has 1 heterocycles. The summed E-state index contributed by atoms with van der Waals surface area (Å²) < 4.78 is 58.7. The summed E-state index contributed by atoms with van der Waals surface area (Å²) in [5.41, 5.74) is 0. The highest BCUT2D eigenvalue weighted by atomic mass is 32.3. The molecule has 1 fully saturated rings. The molecule has 1 aliphatic heterocycles. The standard InChI is InChI=1S/C41H66O12S/c1-3-5-7-9-11-13-15-17-19-21-23-25-27-29-31-49-33-35(34-50-41-39(45)40(53-54(46,47)48)38(44)36(32-42)52-41)51-37(43)30-28-26-24-22-20-18-16-14-12-10-8-6-4-2/h5-8,11-14,17-20,23,25,35-36,38-42,44-45H,3-4,9-10,15-16,21-22,24,26-34H2,1-2H3,(H,46,47,48)/b7-5-,8-6-,13-11-,14-12-,19-17-,20-18-,25-23-. The van der Waals surface area contributed by atoms with Crippen molar-refractivity contribution in [1.82, 2.24) is 0 Å². The van der Waals surface area contributed by atoms with Gasteiger partial charge in [0.15, 0.2) is 6.29 Å². The Hall–Kier alpha value is -2.72. The van der Waals surface area contributed by atoms with Gasteiger partial charge in [-0.25, -0.2) is 4.18 Å². The van der Waals surface area contributed by atoms with E-state index in [4.69, 9.17) is 23.5 Å². The Morgan fingerprint density at radius 1 is 0.704 bits per heavy atom. The number of hydrogen-bond donors (Lipinski definition) is 4. The Balaban J connectivity index is 2.59. The smallest absolute Gasteiger partial charge is 0.397 e. The van der Waals surface area contributed by atoms with Gasteiger partial charge in [-0.1, -0.05) is 105 Å². The number of esters is 1. The van der Waals surface area contributed by atoms with Crippen LogP contribution in [0.5, 0.6) is 0 Å². The molecule has 0 aromatic carbocycles. The van der Waals surface area contributed by atoms with Crippen molar-refractivity contribution in [1.29, 1.82) is 0 Å². The number of rotatable bonds is 31. The van der Waals surface area contributed by atoms with Crippen LogP contribution in [0.1, 0.15) is 104 Å². The zero-order valence-corrected chi connectivity index (χ0v) is 33.1. The highest BCUT2D eigenvalue weighted by molar-refractivity contribution is 7.80. The average Bonchev–Trinajstić information content (AvgIpc) is 3.14. The molecule has 0 aromatic rings. The van der Waals surface area contributed by atoms with Crippen molar-refractivity contribution >= 4 is 16.4 Å². The summed E-state index contributed by atoms with van der Waals surface area (Å²) in [7, 11) is -5.07. The number of aliphatic hydroxyl groups excluding tert-OH is 3. The van der Waals surface area contributed by atoms with Crippen LogP contribution in [0.3, 0.4) is 0 Å². The highest BCUT2D eigenvalue weighted by Gasteiger charge is 2.48. The second kappa shape index (κ2) is 32.5. The van der Waals surface area contributed by atoms with Crippen LogP contribution < -0.4 is 0 Å². The molecule has 1 aliphatic rings. The summed E-state index contributed by atoms with van der Waals surface area (Å²) in [5.74, 6) is -0.453. The predicted octanol–water partition coefficient (Wildman–Crippen LogP) is 6.95. The van der Waals surface area contributed by atoms with Gasteiger partial charge < -0.3 is 34.3 Å². The van der Waals surface area contributed by atoms with Gasteiger partial charge in [0.25, 0.3) is 0 Å². The molecular formula is C41H66O12S. The molecule has 54 heavy (non-hydrogen) atoms. The second-order valence-electron chi connectivity index (χ2n) is 12.8. The first-order chi connectivity index (χ1) is 26.1. The topological polar surface area (TPSA) is 178 Å². The molecule has 0 aromatic heterocycles. The number of carbonyl (C=O) groups excluding carboxylic acids is 1. The maximum Gasteiger partial charge on any atom is 0.397 e. The van der Waals surface area contributed by atoms with Gasteiger partial charge in [0.05, 0.1) is 19.8 Å². The number of ether oxygens (including phenoxy) is 4. The fourth-order valence-electron chi connectivity index (χ4n) is 5.16. The molecule has 6 unspecified atom stereocenters. The zero-order chi connectivity index (χ0) is 39.7. The van der Waals surface area contributed by atoms with E-state index in [0.717, 1.165) is 77.0 Å². The lowest BCUT2D eigenvalue weighted by atomic mass is 9.99. The van der Waals surface area contributed by atoms with Crippen LogP contribution in [0, 0.1) is 0 Å². The molecule has 0 saturated carbocycles. The van der Waals surface area contributed by atoms with Crippen molar-refractivity contribution in [2.75, 3.05) is 26.4 Å². The van der Waals surface area contributed by atoms with E-state index in [1.807, 2.05) is 0 Å². The summed E-state index contributed by atoms with van der Waals surface area (Å²) in [6, 6.07) is 0. The van der Waals surface area contributed by atoms with Crippen molar-refractivity contribution in [3.63, 3.8) is 0 Å². The fourth-order valence-corrected chi connectivity index (χ4v) is 5.67. The molecule has 308 valence electrons. The van der Waals surface area contributed by atoms with E-state index >= 15 is 0 Å². The van der Waals surface area contributed by atoms with Crippen LogP contribution in [-0.2, 0) is 38.3 Å². The molecule has 13 heteroatoms. The van der Waals surface area contributed by atoms with Crippen LogP contribution >= 0.6 is 0 Å². The SMILES string of the molecule is CC/C=C\C/C=C\C/C=C\C/C=C\CCCOCC(COC1OC(CO)C(O)C(OS(=O)(=O)O)C1O)OC(=O)CCCCC/C=C\C/C=C\C/C=C\CC. The van der Waals surface area contributed by atoms with Crippen LogP contribution in [0.25, 0.3) is 0 Å². The summed E-state index contributed by atoms with van der Waals surface area (Å²) in [5, 5.41) is 30.5. The van der Waals surface area contributed by atoms with Crippen molar-refractivity contribution < 1.29 is 56.2 Å². The number of allylic oxidation sites excluding steroid dienone is 14. The Bertz CT molecular complexity index is 1270. The van der Waals surface area contributed by atoms with Crippen LogP contribution in [0.4, 0.5) is 0 Å². The molecule has 1 rings (SSSR count). The van der Waals surface area contributed by atoms with Gasteiger partial charge in [0, 0.05) is 13.0 Å². The van der Waals surface area contributed by atoms with E-state index in [1.165, 1.54) is 0 Å². The van der Waals surface area contributed by atoms with E-state index in [9.17, 15) is 28.5 Å². The monoisotopic (exact) mass is 782 g/mol. The minimum atomic E-state index is -5.07. The second-order valence-corrected chi connectivity index (χ2v) is 13.8. The summed E-state index contributed by atoms with van der Waals surface area (Å²) in [6.07, 6.45) is 32.2. The van der Waals surface area contributed by atoms with Crippen molar-refractivity contribution in [3.05, 3.63) is 85.1 Å². The third-order valence-electron chi connectivity index (χ3n) is 8.01. The predicted molar refractivity (Wildman–Crippen MR) is 211 cm³/mol. The number of aliphatic hydroxyl groups is 3. The highest BCUT2D eigenvalue weighted by Crippen LogP contribution is 2.26. The first kappa shape index (κ1) is 49.3. The lowest BCUT2D eigenvalue weighted by molar-refractivity contribution is -0.301. The minimum absolute atomic E-state index is 0.0199. The first-order valence-electron chi connectivity index (χ1n) is 19.3. The molecule has 0 spiro atoms. The number of carbonyl (C=O) groups is 1. The maximum absolute atomic E-state index is 12.8. The molecule has 0 bridgehead atoms. The first-order valence-corrected chi connectivity index (χ1v) is 20.7. The van der Waals surface area contributed by atoms with Gasteiger partial charge in [0.2, 0.25) is 0 Å². The van der Waals surface area contributed by atoms with E-state index in [-0.39, 0.29) is 19.6 Å². The fraction of sp³-hybridized carbons (Fsp3) is 0.634. The van der Waals surface area contributed by atoms with Crippen LogP contribution in [-0.4, -0.2) is 97.5 Å². The minimum Gasteiger partial charge on any atom is -0.457 e. The van der Waals surface area contributed by atoms with Gasteiger partial charge >= 0.3 is 16.4 Å². The van der Waals surface area contributed by atoms with Gasteiger partial charge in [-0.3, -0.25) is 9.35 Å². The Morgan fingerprint density at radius 2 is 1.22 bits per heavy atom. The third kappa shape index (κ3) is 26.1. The van der Waals surface area contributed by atoms with Gasteiger partial charge in [0.1, 0.15) is 30.5 Å². The molecule has 1 saturated heterocycles. The summed E-state index contributed by atoms with van der Waals surface area (Å²) in [4.78, 5) is 12.8. The molecule has 0 amide bonds.